The molecule has 7 heteroatoms. The molecular formula is C13H15F3O3S. The van der Waals surface area contributed by atoms with Gasteiger partial charge in [0.2, 0.25) is 0 Å². The minimum absolute atomic E-state index is 0.0553. The first-order valence-electron chi connectivity index (χ1n) is 5.74. The van der Waals surface area contributed by atoms with Crippen LogP contribution in [-0.4, -0.2) is 19.7 Å². The molecule has 0 saturated heterocycles. The van der Waals surface area contributed by atoms with E-state index < -0.39 is 31.4 Å². The monoisotopic (exact) mass is 308 g/mol. The average Bonchev–Trinajstić information content (AvgIpc) is 2.25. The van der Waals surface area contributed by atoms with Crippen molar-refractivity contribution < 1.29 is 26.4 Å². The van der Waals surface area contributed by atoms with Crippen LogP contribution in [0.3, 0.4) is 0 Å². The Balaban J connectivity index is 3.66. The van der Waals surface area contributed by atoms with Gasteiger partial charge in [0, 0.05) is 5.56 Å². The SMILES string of the molecule is CC(=O)c1cc(C(C)(C)C)cc(S(=O)(=O)C(F)(F)F)c1. The number of rotatable bonds is 2. The third-order valence-electron chi connectivity index (χ3n) is 2.79. The Bertz CT molecular complexity index is 638. The van der Waals surface area contributed by atoms with E-state index in [0.717, 1.165) is 12.1 Å². The van der Waals surface area contributed by atoms with Crippen molar-refractivity contribution in [2.75, 3.05) is 0 Å². The van der Waals surface area contributed by atoms with Gasteiger partial charge in [-0.1, -0.05) is 20.8 Å². The van der Waals surface area contributed by atoms with Crippen LogP contribution in [0.5, 0.6) is 0 Å². The molecule has 0 aliphatic rings. The largest absolute Gasteiger partial charge is 0.501 e. The lowest BCUT2D eigenvalue weighted by Gasteiger charge is -2.21. The molecule has 0 aromatic heterocycles. The number of Topliss-reactive ketones (excluding diaryl/α,β-unsaturated/α-hetero) is 1. The molecule has 1 aromatic carbocycles. The van der Waals surface area contributed by atoms with Crippen molar-refractivity contribution in [3.8, 4) is 0 Å². The fourth-order valence-electron chi connectivity index (χ4n) is 1.52. The van der Waals surface area contributed by atoms with Crippen LogP contribution < -0.4 is 0 Å². The first-order chi connectivity index (χ1) is 8.76. The molecule has 0 unspecified atom stereocenters. The van der Waals surface area contributed by atoms with Gasteiger partial charge in [0.05, 0.1) is 4.90 Å². The standard InChI is InChI=1S/C13H15F3O3S/c1-8(17)9-5-10(12(2,3)4)7-11(6-9)20(18,19)13(14,15)16/h5-7H,1-4H3. The molecule has 0 fully saturated rings. The Morgan fingerprint density at radius 1 is 1.05 bits per heavy atom. The van der Waals surface area contributed by atoms with E-state index in [1.54, 1.807) is 20.8 Å². The average molecular weight is 308 g/mol. The molecule has 1 aromatic rings. The summed E-state index contributed by atoms with van der Waals surface area (Å²) in [5, 5.41) is 0. The second-order valence-electron chi connectivity index (χ2n) is 5.50. The first kappa shape index (κ1) is 16.7. The van der Waals surface area contributed by atoms with Gasteiger partial charge in [0.15, 0.2) is 5.78 Å². The van der Waals surface area contributed by atoms with Crippen LogP contribution in [-0.2, 0) is 15.3 Å². The van der Waals surface area contributed by atoms with Crippen molar-refractivity contribution in [3.05, 3.63) is 29.3 Å². The van der Waals surface area contributed by atoms with Gasteiger partial charge in [0.25, 0.3) is 9.84 Å². The molecule has 0 aliphatic carbocycles. The highest BCUT2D eigenvalue weighted by atomic mass is 32.2. The summed E-state index contributed by atoms with van der Waals surface area (Å²) in [6.45, 7) is 6.33. The van der Waals surface area contributed by atoms with E-state index in [4.69, 9.17) is 0 Å². The number of halogens is 3. The molecule has 0 atom stereocenters. The van der Waals surface area contributed by atoms with Crippen LogP contribution in [0, 0.1) is 0 Å². The molecule has 3 nitrogen and oxygen atoms in total. The summed E-state index contributed by atoms with van der Waals surface area (Å²) >= 11 is 0. The van der Waals surface area contributed by atoms with Gasteiger partial charge in [-0.3, -0.25) is 4.79 Å². The second kappa shape index (κ2) is 4.87. The molecular weight excluding hydrogens is 293 g/mol. The second-order valence-corrected chi connectivity index (χ2v) is 7.44. The van der Waals surface area contributed by atoms with Crippen molar-refractivity contribution in [3.63, 3.8) is 0 Å². The fraction of sp³-hybridized carbons (Fsp3) is 0.462. The zero-order valence-electron chi connectivity index (χ0n) is 11.5. The van der Waals surface area contributed by atoms with Crippen LogP contribution in [0.2, 0.25) is 0 Å². The Morgan fingerprint density at radius 2 is 1.55 bits per heavy atom. The molecule has 0 aliphatic heterocycles. The predicted molar refractivity (Wildman–Crippen MR) is 68.4 cm³/mol. The summed E-state index contributed by atoms with van der Waals surface area (Å²) < 4.78 is 60.8. The normalized spacial score (nSPS) is 13.3. The molecule has 0 N–H and O–H groups in total. The molecule has 1 rings (SSSR count). The summed E-state index contributed by atoms with van der Waals surface area (Å²) in [6, 6.07) is 3.15. The van der Waals surface area contributed by atoms with Crippen LogP contribution in [0.1, 0.15) is 43.6 Å². The van der Waals surface area contributed by atoms with E-state index >= 15 is 0 Å². The Kier molecular flexibility index (Phi) is 4.07. The number of alkyl halides is 3. The van der Waals surface area contributed by atoms with Crippen LogP contribution >= 0.6 is 0 Å². The summed E-state index contributed by atoms with van der Waals surface area (Å²) in [5.41, 5.74) is -5.67. The smallest absolute Gasteiger partial charge is 0.295 e. The van der Waals surface area contributed by atoms with Gasteiger partial charge in [-0.2, -0.15) is 13.2 Å². The number of hydrogen-bond donors (Lipinski definition) is 0. The van der Waals surface area contributed by atoms with Crippen LogP contribution in [0.4, 0.5) is 13.2 Å². The Morgan fingerprint density at radius 3 is 1.90 bits per heavy atom. The van der Waals surface area contributed by atoms with Gasteiger partial charge in [-0.15, -0.1) is 0 Å². The third kappa shape index (κ3) is 3.20. The van der Waals surface area contributed by atoms with Gasteiger partial charge >= 0.3 is 5.51 Å². The van der Waals surface area contributed by atoms with Crippen molar-refractivity contribution in [1.29, 1.82) is 0 Å². The maximum absolute atomic E-state index is 12.6. The zero-order chi connectivity index (χ0) is 15.9. The van der Waals surface area contributed by atoms with Crippen LogP contribution in [0.25, 0.3) is 0 Å². The van der Waals surface area contributed by atoms with E-state index in [2.05, 4.69) is 0 Å². The van der Waals surface area contributed by atoms with Crippen molar-refractivity contribution >= 4 is 15.6 Å². The van der Waals surface area contributed by atoms with Gasteiger partial charge in [-0.25, -0.2) is 8.42 Å². The van der Waals surface area contributed by atoms with E-state index in [-0.39, 0.29) is 5.56 Å². The predicted octanol–water partition coefficient (Wildman–Crippen LogP) is 3.48. The van der Waals surface area contributed by atoms with E-state index in [0.29, 0.717) is 5.56 Å². The summed E-state index contributed by atoms with van der Waals surface area (Å²) in [6.07, 6.45) is 0. The van der Waals surface area contributed by atoms with Gasteiger partial charge in [0.1, 0.15) is 0 Å². The minimum Gasteiger partial charge on any atom is -0.295 e. The fourth-order valence-corrected chi connectivity index (χ4v) is 2.36. The highest BCUT2D eigenvalue weighted by Crippen LogP contribution is 2.33. The quantitative estimate of drug-likeness (QED) is 0.786. The van der Waals surface area contributed by atoms with Crippen molar-refractivity contribution in [1.82, 2.24) is 0 Å². The minimum atomic E-state index is -5.47. The lowest BCUT2D eigenvalue weighted by Crippen LogP contribution is -2.24. The van der Waals surface area contributed by atoms with Crippen molar-refractivity contribution in [2.45, 2.75) is 43.5 Å². The molecule has 20 heavy (non-hydrogen) atoms. The molecule has 0 spiro atoms. The Hall–Kier alpha value is -1.37. The van der Waals surface area contributed by atoms with E-state index in [1.807, 2.05) is 0 Å². The number of hydrogen-bond acceptors (Lipinski definition) is 3. The maximum Gasteiger partial charge on any atom is 0.501 e. The molecule has 0 amide bonds. The Labute approximate surface area is 115 Å². The molecule has 0 radical (unpaired) electrons. The third-order valence-corrected chi connectivity index (χ3v) is 4.26. The number of ketones is 1. The number of benzene rings is 1. The molecule has 112 valence electrons. The highest BCUT2D eigenvalue weighted by molar-refractivity contribution is 7.92. The number of carbonyl (C=O) groups excluding carboxylic acids is 1. The van der Waals surface area contributed by atoms with E-state index in [1.165, 1.54) is 13.0 Å². The number of carbonyl (C=O) groups is 1. The molecule has 0 saturated carbocycles. The van der Waals surface area contributed by atoms with Gasteiger partial charge < -0.3 is 0 Å². The first-order valence-corrected chi connectivity index (χ1v) is 7.23. The van der Waals surface area contributed by atoms with Crippen LogP contribution in [0.15, 0.2) is 23.1 Å². The van der Waals surface area contributed by atoms with Gasteiger partial charge in [-0.05, 0) is 36.1 Å². The highest BCUT2D eigenvalue weighted by Gasteiger charge is 2.47. The summed E-state index contributed by atoms with van der Waals surface area (Å²) in [7, 11) is -5.47. The maximum atomic E-state index is 12.6. The van der Waals surface area contributed by atoms with Crippen molar-refractivity contribution in [2.24, 2.45) is 0 Å². The molecule has 0 bridgehead atoms. The zero-order valence-corrected chi connectivity index (χ0v) is 12.3. The summed E-state index contributed by atoms with van der Waals surface area (Å²) in [4.78, 5) is 10.5. The topological polar surface area (TPSA) is 51.2 Å². The van der Waals surface area contributed by atoms with E-state index in [9.17, 15) is 26.4 Å². The lowest BCUT2D eigenvalue weighted by atomic mass is 9.86. The lowest BCUT2D eigenvalue weighted by molar-refractivity contribution is -0.0436. The number of sulfone groups is 1. The molecule has 0 heterocycles. The summed E-state index contributed by atoms with van der Waals surface area (Å²) in [5.74, 6) is -0.491.